The molecule has 7 heteroatoms. The first-order chi connectivity index (χ1) is 8.72. The summed E-state index contributed by atoms with van der Waals surface area (Å²) in [6.45, 7) is 0.0699. The predicted molar refractivity (Wildman–Crippen MR) is 63.0 cm³/mol. The number of hydrogen-bond acceptors (Lipinski definition) is 6. The third kappa shape index (κ3) is 2.13. The topological polar surface area (TPSA) is 95.4 Å². The third-order valence-electron chi connectivity index (χ3n) is 3.41. The van der Waals surface area contributed by atoms with Crippen LogP contribution in [-0.4, -0.2) is 39.4 Å². The highest BCUT2D eigenvalue weighted by Crippen LogP contribution is 2.26. The molecule has 0 bridgehead atoms. The van der Waals surface area contributed by atoms with Crippen LogP contribution in [0.25, 0.3) is 0 Å². The van der Waals surface area contributed by atoms with E-state index in [0.717, 1.165) is 25.7 Å². The molecular weight excluding hydrogens is 234 g/mol. The molecule has 0 amide bonds. The van der Waals surface area contributed by atoms with Crippen molar-refractivity contribution in [2.45, 2.75) is 37.8 Å². The Morgan fingerprint density at radius 2 is 2.11 bits per heavy atom. The number of cyclic esters (lactones) is 1. The lowest BCUT2D eigenvalue weighted by Crippen LogP contribution is -2.28. The molecule has 1 aliphatic heterocycles. The van der Waals surface area contributed by atoms with E-state index < -0.39 is 0 Å². The average molecular weight is 249 g/mol. The maximum atomic E-state index is 11.0. The van der Waals surface area contributed by atoms with Crippen molar-refractivity contribution < 1.29 is 9.53 Å². The summed E-state index contributed by atoms with van der Waals surface area (Å²) in [6.07, 6.45) is 5.83. The van der Waals surface area contributed by atoms with Crippen LogP contribution in [0.3, 0.4) is 0 Å². The summed E-state index contributed by atoms with van der Waals surface area (Å²) in [7, 11) is 0. The molecule has 18 heavy (non-hydrogen) atoms. The first-order valence-electron chi connectivity index (χ1n) is 6.15. The van der Waals surface area contributed by atoms with Crippen molar-refractivity contribution in [3.8, 4) is 0 Å². The Bertz CT molecular complexity index is 487. The van der Waals surface area contributed by atoms with Crippen molar-refractivity contribution in [2.75, 3.05) is 6.54 Å². The van der Waals surface area contributed by atoms with Gasteiger partial charge in [-0.1, -0.05) is 5.21 Å². The monoisotopic (exact) mass is 249 g/mol. The molecule has 2 aliphatic rings. The Hall–Kier alpha value is -1.76. The van der Waals surface area contributed by atoms with Crippen LogP contribution in [0.5, 0.6) is 0 Å². The predicted octanol–water partition coefficient (Wildman–Crippen LogP) is 0.0239. The standard InChI is InChI=1S/C11H15N5O2/c12-7-1-3-8(4-2-7)16-6-9(14-15-16)11-13-5-10(17)18-11/h6-8H,1-5,12H2. The highest BCUT2D eigenvalue weighted by molar-refractivity contribution is 6.03. The molecule has 1 fully saturated rings. The molecule has 1 aromatic rings. The number of aromatic nitrogens is 3. The summed E-state index contributed by atoms with van der Waals surface area (Å²) in [5.74, 6) is -0.0676. The van der Waals surface area contributed by atoms with E-state index in [1.165, 1.54) is 0 Å². The van der Waals surface area contributed by atoms with Crippen molar-refractivity contribution in [2.24, 2.45) is 10.7 Å². The molecule has 2 heterocycles. The number of nitrogens with zero attached hydrogens (tertiary/aromatic N) is 4. The van der Waals surface area contributed by atoms with Gasteiger partial charge in [-0.25, -0.2) is 14.5 Å². The van der Waals surface area contributed by atoms with Crippen LogP contribution < -0.4 is 5.73 Å². The number of carbonyl (C=O) groups excluding carboxylic acids is 1. The van der Waals surface area contributed by atoms with E-state index in [-0.39, 0.29) is 18.4 Å². The first-order valence-corrected chi connectivity index (χ1v) is 6.15. The van der Waals surface area contributed by atoms with Crippen molar-refractivity contribution in [3.05, 3.63) is 11.9 Å². The molecule has 0 saturated heterocycles. The zero-order chi connectivity index (χ0) is 12.5. The molecular formula is C11H15N5O2. The van der Waals surface area contributed by atoms with Crippen molar-refractivity contribution >= 4 is 11.9 Å². The van der Waals surface area contributed by atoms with Crippen molar-refractivity contribution in [1.82, 2.24) is 15.0 Å². The van der Waals surface area contributed by atoms with E-state index >= 15 is 0 Å². The van der Waals surface area contributed by atoms with Crippen LogP contribution in [0.2, 0.25) is 0 Å². The Labute approximate surface area is 104 Å². The molecule has 7 nitrogen and oxygen atoms in total. The van der Waals surface area contributed by atoms with E-state index in [4.69, 9.17) is 10.5 Å². The number of nitrogens with two attached hydrogens (primary N) is 1. The van der Waals surface area contributed by atoms with Gasteiger partial charge in [0, 0.05) is 6.04 Å². The molecule has 0 unspecified atom stereocenters. The van der Waals surface area contributed by atoms with Gasteiger partial charge in [-0.2, -0.15) is 0 Å². The molecule has 0 aromatic carbocycles. The second-order valence-corrected chi connectivity index (χ2v) is 4.75. The number of ether oxygens (including phenoxy) is 1. The van der Waals surface area contributed by atoms with Gasteiger partial charge in [-0.05, 0) is 25.7 Å². The van der Waals surface area contributed by atoms with Gasteiger partial charge >= 0.3 is 5.97 Å². The largest absolute Gasteiger partial charge is 0.404 e. The van der Waals surface area contributed by atoms with Crippen LogP contribution >= 0.6 is 0 Å². The number of rotatable bonds is 2. The number of hydrogen-bond donors (Lipinski definition) is 1. The second-order valence-electron chi connectivity index (χ2n) is 4.75. The normalized spacial score (nSPS) is 28.1. The summed E-state index contributed by atoms with van der Waals surface area (Å²) < 4.78 is 6.77. The number of aliphatic imine (C=N–C) groups is 1. The molecule has 0 atom stereocenters. The van der Waals surface area contributed by atoms with Crippen LogP contribution in [0.4, 0.5) is 0 Å². The zero-order valence-electron chi connectivity index (χ0n) is 9.95. The van der Waals surface area contributed by atoms with Crippen LogP contribution in [-0.2, 0) is 9.53 Å². The van der Waals surface area contributed by atoms with E-state index in [1.54, 1.807) is 6.20 Å². The minimum Gasteiger partial charge on any atom is -0.404 e. The lowest BCUT2D eigenvalue weighted by Gasteiger charge is -2.25. The fourth-order valence-corrected chi connectivity index (χ4v) is 2.36. The smallest absolute Gasteiger partial charge is 0.334 e. The fourth-order valence-electron chi connectivity index (χ4n) is 2.36. The van der Waals surface area contributed by atoms with Gasteiger partial charge in [-0.15, -0.1) is 5.10 Å². The number of carbonyl (C=O) groups is 1. The minimum atomic E-state index is -0.344. The van der Waals surface area contributed by atoms with Crippen molar-refractivity contribution in [3.63, 3.8) is 0 Å². The summed E-state index contributed by atoms with van der Waals surface area (Å²) in [4.78, 5) is 14.9. The first kappa shape index (κ1) is 11.3. The molecule has 0 radical (unpaired) electrons. The molecule has 0 spiro atoms. The van der Waals surface area contributed by atoms with E-state index in [9.17, 15) is 4.79 Å². The summed E-state index contributed by atoms with van der Waals surface area (Å²) >= 11 is 0. The van der Waals surface area contributed by atoms with Crippen LogP contribution in [0.15, 0.2) is 11.2 Å². The molecule has 1 aliphatic carbocycles. The van der Waals surface area contributed by atoms with Gasteiger partial charge < -0.3 is 10.5 Å². The van der Waals surface area contributed by atoms with Gasteiger partial charge in [0.25, 0.3) is 0 Å². The zero-order valence-corrected chi connectivity index (χ0v) is 9.95. The van der Waals surface area contributed by atoms with Gasteiger partial charge in [0.05, 0.1) is 12.2 Å². The fraction of sp³-hybridized carbons (Fsp3) is 0.636. The Morgan fingerprint density at radius 1 is 1.33 bits per heavy atom. The van der Waals surface area contributed by atoms with Crippen LogP contribution in [0.1, 0.15) is 37.4 Å². The molecule has 1 aromatic heterocycles. The summed E-state index contributed by atoms with van der Waals surface area (Å²) in [6, 6.07) is 0.646. The Morgan fingerprint density at radius 3 is 2.78 bits per heavy atom. The van der Waals surface area contributed by atoms with E-state index in [1.807, 2.05) is 4.68 Å². The van der Waals surface area contributed by atoms with Crippen LogP contribution in [0, 0.1) is 0 Å². The van der Waals surface area contributed by atoms with E-state index in [0.29, 0.717) is 17.8 Å². The van der Waals surface area contributed by atoms with Gasteiger partial charge in [0.15, 0.2) is 5.69 Å². The molecule has 96 valence electrons. The van der Waals surface area contributed by atoms with Crippen molar-refractivity contribution in [1.29, 1.82) is 0 Å². The SMILES string of the molecule is NC1CCC(n2cc(C3=NCC(=O)O3)nn2)CC1. The van der Waals surface area contributed by atoms with Gasteiger partial charge in [-0.3, -0.25) is 0 Å². The minimum absolute atomic E-state index is 0.0699. The molecule has 2 N–H and O–H groups in total. The quantitative estimate of drug-likeness (QED) is 0.746. The lowest BCUT2D eigenvalue weighted by atomic mass is 9.92. The number of esters is 1. The second kappa shape index (κ2) is 4.49. The highest BCUT2D eigenvalue weighted by Gasteiger charge is 2.24. The molecule has 1 saturated carbocycles. The molecule has 3 rings (SSSR count). The van der Waals surface area contributed by atoms with Gasteiger partial charge in [0.1, 0.15) is 6.54 Å². The Balaban J connectivity index is 1.72. The van der Waals surface area contributed by atoms with E-state index in [2.05, 4.69) is 15.3 Å². The van der Waals surface area contributed by atoms with Gasteiger partial charge in [0.2, 0.25) is 5.90 Å². The maximum Gasteiger partial charge on any atom is 0.334 e. The Kier molecular flexibility index (Phi) is 2.83. The summed E-state index contributed by atoms with van der Waals surface area (Å²) in [5.41, 5.74) is 6.40. The maximum absolute atomic E-state index is 11.0. The highest BCUT2D eigenvalue weighted by atomic mass is 16.6. The average Bonchev–Trinajstić information content (AvgIpc) is 2.98. The third-order valence-corrected chi connectivity index (χ3v) is 3.41. The summed E-state index contributed by atoms with van der Waals surface area (Å²) in [5, 5.41) is 8.09. The lowest BCUT2D eigenvalue weighted by molar-refractivity contribution is -0.132.